The SMILES string of the molecule is O=C(NC1CCCC1)C(c1ccccc1)N1CCc2ccccc21. The van der Waals surface area contributed by atoms with Crippen LogP contribution in [-0.4, -0.2) is 18.5 Å². The Labute approximate surface area is 143 Å². The van der Waals surface area contributed by atoms with E-state index in [2.05, 4.69) is 46.6 Å². The van der Waals surface area contributed by atoms with Crippen molar-refractivity contribution in [3.63, 3.8) is 0 Å². The molecule has 124 valence electrons. The van der Waals surface area contributed by atoms with Crippen molar-refractivity contribution in [2.24, 2.45) is 0 Å². The Kier molecular flexibility index (Phi) is 4.24. The number of hydrogen-bond donors (Lipinski definition) is 1. The standard InChI is InChI=1S/C21H24N2O/c24-21(22-18-11-5-6-12-18)20(17-9-2-1-3-10-17)23-15-14-16-8-4-7-13-19(16)23/h1-4,7-10,13,18,20H,5-6,11-12,14-15H2,(H,22,24). The normalized spacial score (nSPS) is 18.4. The smallest absolute Gasteiger partial charge is 0.247 e. The van der Waals surface area contributed by atoms with Crippen LogP contribution in [0.2, 0.25) is 0 Å². The van der Waals surface area contributed by atoms with Crippen molar-refractivity contribution < 1.29 is 4.79 Å². The Morgan fingerprint density at radius 3 is 2.50 bits per heavy atom. The van der Waals surface area contributed by atoms with E-state index in [4.69, 9.17) is 0 Å². The maximum atomic E-state index is 13.1. The van der Waals surface area contributed by atoms with Crippen molar-refractivity contribution in [3.05, 3.63) is 65.7 Å². The van der Waals surface area contributed by atoms with Crippen molar-refractivity contribution in [1.29, 1.82) is 0 Å². The number of rotatable bonds is 4. The van der Waals surface area contributed by atoms with Gasteiger partial charge in [-0.1, -0.05) is 61.4 Å². The van der Waals surface area contributed by atoms with Crippen LogP contribution >= 0.6 is 0 Å². The summed E-state index contributed by atoms with van der Waals surface area (Å²) >= 11 is 0. The van der Waals surface area contributed by atoms with Crippen LogP contribution in [0.3, 0.4) is 0 Å². The maximum Gasteiger partial charge on any atom is 0.247 e. The summed E-state index contributed by atoms with van der Waals surface area (Å²) in [6.07, 6.45) is 5.70. The lowest BCUT2D eigenvalue weighted by Gasteiger charge is -2.31. The number of amides is 1. The Morgan fingerprint density at radius 1 is 1.00 bits per heavy atom. The molecule has 1 N–H and O–H groups in total. The van der Waals surface area contributed by atoms with Crippen LogP contribution in [-0.2, 0) is 11.2 Å². The minimum Gasteiger partial charge on any atom is -0.355 e. The number of fused-ring (bicyclic) bond motifs is 1. The molecule has 1 amide bonds. The molecule has 0 bridgehead atoms. The highest BCUT2D eigenvalue weighted by molar-refractivity contribution is 5.87. The Morgan fingerprint density at radius 2 is 1.71 bits per heavy atom. The zero-order valence-electron chi connectivity index (χ0n) is 13.9. The predicted molar refractivity (Wildman–Crippen MR) is 97.1 cm³/mol. The number of nitrogens with zero attached hydrogens (tertiary/aromatic N) is 1. The molecule has 24 heavy (non-hydrogen) atoms. The first-order chi connectivity index (χ1) is 11.8. The molecular formula is C21H24N2O. The fourth-order valence-electron chi connectivity index (χ4n) is 4.09. The van der Waals surface area contributed by atoms with E-state index in [1.165, 1.54) is 24.1 Å². The van der Waals surface area contributed by atoms with Crippen LogP contribution in [0.1, 0.15) is 42.9 Å². The summed E-state index contributed by atoms with van der Waals surface area (Å²) in [6.45, 7) is 0.900. The molecule has 3 nitrogen and oxygen atoms in total. The second kappa shape index (κ2) is 6.68. The summed E-state index contributed by atoms with van der Waals surface area (Å²) in [5.41, 5.74) is 3.62. The van der Waals surface area contributed by atoms with Gasteiger partial charge in [-0.2, -0.15) is 0 Å². The lowest BCUT2D eigenvalue weighted by atomic mass is 10.0. The number of anilines is 1. The van der Waals surface area contributed by atoms with E-state index in [0.29, 0.717) is 6.04 Å². The van der Waals surface area contributed by atoms with Gasteiger partial charge in [-0.05, 0) is 36.5 Å². The molecule has 0 spiro atoms. The van der Waals surface area contributed by atoms with E-state index >= 15 is 0 Å². The van der Waals surface area contributed by atoms with Crippen LogP contribution in [0.25, 0.3) is 0 Å². The van der Waals surface area contributed by atoms with E-state index in [0.717, 1.165) is 31.4 Å². The summed E-state index contributed by atoms with van der Waals surface area (Å²) in [4.78, 5) is 15.4. The number of carbonyl (C=O) groups excluding carboxylic acids is 1. The minimum atomic E-state index is -0.240. The van der Waals surface area contributed by atoms with Gasteiger partial charge in [0, 0.05) is 18.3 Å². The molecule has 0 saturated heterocycles. The summed E-state index contributed by atoms with van der Waals surface area (Å²) < 4.78 is 0. The molecule has 1 aliphatic carbocycles. The largest absolute Gasteiger partial charge is 0.355 e. The molecule has 1 saturated carbocycles. The van der Waals surface area contributed by atoms with Crippen LogP contribution in [0.5, 0.6) is 0 Å². The van der Waals surface area contributed by atoms with Gasteiger partial charge in [0.1, 0.15) is 6.04 Å². The van der Waals surface area contributed by atoms with Crippen LogP contribution in [0.4, 0.5) is 5.69 Å². The molecule has 2 aliphatic rings. The van der Waals surface area contributed by atoms with Crippen LogP contribution in [0, 0.1) is 0 Å². The van der Waals surface area contributed by atoms with Gasteiger partial charge >= 0.3 is 0 Å². The van der Waals surface area contributed by atoms with E-state index in [1.807, 2.05) is 18.2 Å². The third-order valence-electron chi connectivity index (χ3n) is 5.30. The van der Waals surface area contributed by atoms with E-state index < -0.39 is 0 Å². The molecule has 2 aromatic carbocycles. The molecule has 0 radical (unpaired) electrons. The van der Waals surface area contributed by atoms with E-state index in [1.54, 1.807) is 0 Å². The lowest BCUT2D eigenvalue weighted by Crippen LogP contribution is -2.43. The Balaban J connectivity index is 1.65. The van der Waals surface area contributed by atoms with E-state index in [9.17, 15) is 4.79 Å². The van der Waals surface area contributed by atoms with Gasteiger partial charge in [0.2, 0.25) is 5.91 Å². The number of para-hydroxylation sites is 1. The first-order valence-corrected chi connectivity index (χ1v) is 9.03. The van der Waals surface area contributed by atoms with Gasteiger partial charge in [0.05, 0.1) is 0 Å². The number of carbonyl (C=O) groups is 1. The molecule has 1 heterocycles. The Bertz CT molecular complexity index is 707. The molecule has 1 fully saturated rings. The van der Waals surface area contributed by atoms with Gasteiger partial charge in [-0.15, -0.1) is 0 Å². The van der Waals surface area contributed by atoms with Crippen LogP contribution in [0.15, 0.2) is 54.6 Å². The monoisotopic (exact) mass is 320 g/mol. The number of benzene rings is 2. The molecular weight excluding hydrogens is 296 g/mol. The molecule has 4 rings (SSSR count). The van der Waals surface area contributed by atoms with Crippen molar-refractivity contribution in [3.8, 4) is 0 Å². The van der Waals surface area contributed by atoms with Gasteiger partial charge in [0.15, 0.2) is 0 Å². The second-order valence-corrected chi connectivity index (χ2v) is 6.88. The zero-order valence-corrected chi connectivity index (χ0v) is 13.9. The van der Waals surface area contributed by atoms with Crippen molar-refractivity contribution >= 4 is 11.6 Å². The van der Waals surface area contributed by atoms with Crippen molar-refractivity contribution in [1.82, 2.24) is 5.32 Å². The van der Waals surface area contributed by atoms with Gasteiger partial charge in [0.25, 0.3) is 0 Å². The lowest BCUT2D eigenvalue weighted by molar-refractivity contribution is -0.123. The topological polar surface area (TPSA) is 32.3 Å². The predicted octanol–water partition coefficient (Wildman–Crippen LogP) is 3.85. The average Bonchev–Trinajstić information content (AvgIpc) is 3.27. The van der Waals surface area contributed by atoms with Gasteiger partial charge < -0.3 is 10.2 Å². The van der Waals surface area contributed by atoms with Gasteiger partial charge in [-0.25, -0.2) is 0 Å². The third kappa shape index (κ3) is 2.91. The summed E-state index contributed by atoms with van der Waals surface area (Å²) in [6, 6.07) is 18.8. The fraction of sp³-hybridized carbons (Fsp3) is 0.381. The molecule has 3 heteroatoms. The summed E-state index contributed by atoms with van der Waals surface area (Å²) in [5, 5.41) is 3.30. The molecule has 0 aromatic heterocycles. The van der Waals surface area contributed by atoms with Crippen molar-refractivity contribution in [2.45, 2.75) is 44.2 Å². The molecule has 1 unspecified atom stereocenters. The fourth-order valence-corrected chi connectivity index (χ4v) is 4.09. The molecule has 1 atom stereocenters. The molecule has 2 aromatic rings. The zero-order chi connectivity index (χ0) is 16.4. The third-order valence-corrected chi connectivity index (χ3v) is 5.30. The van der Waals surface area contributed by atoms with E-state index in [-0.39, 0.29) is 11.9 Å². The number of hydrogen-bond acceptors (Lipinski definition) is 2. The quantitative estimate of drug-likeness (QED) is 0.928. The highest BCUT2D eigenvalue weighted by atomic mass is 16.2. The maximum absolute atomic E-state index is 13.1. The highest BCUT2D eigenvalue weighted by Gasteiger charge is 2.33. The number of nitrogens with one attached hydrogen (secondary N) is 1. The second-order valence-electron chi connectivity index (χ2n) is 6.88. The van der Waals surface area contributed by atoms with Crippen molar-refractivity contribution in [2.75, 3.05) is 11.4 Å². The van der Waals surface area contributed by atoms with Crippen LogP contribution < -0.4 is 10.2 Å². The highest BCUT2D eigenvalue weighted by Crippen LogP contribution is 2.35. The first-order valence-electron chi connectivity index (χ1n) is 9.03. The summed E-state index contributed by atoms with van der Waals surface area (Å²) in [7, 11) is 0. The minimum absolute atomic E-state index is 0.143. The first kappa shape index (κ1) is 15.3. The summed E-state index contributed by atoms with van der Waals surface area (Å²) in [5.74, 6) is 0.143. The molecule has 1 aliphatic heterocycles. The van der Waals surface area contributed by atoms with Gasteiger partial charge in [-0.3, -0.25) is 4.79 Å². The average molecular weight is 320 g/mol. The Hall–Kier alpha value is -2.29.